The van der Waals surface area contributed by atoms with Gasteiger partial charge in [0.05, 0.1) is 23.5 Å². The van der Waals surface area contributed by atoms with Crippen LogP contribution in [-0.4, -0.2) is 34.0 Å². The van der Waals surface area contributed by atoms with Crippen molar-refractivity contribution in [2.24, 2.45) is 5.92 Å². The van der Waals surface area contributed by atoms with Gasteiger partial charge in [-0.15, -0.1) is 0 Å². The van der Waals surface area contributed by atoms with E-state index in [9.17, 15) is 4.79 Å². The summed E-state index contributed by atoms with van der Waals surface area (Å²) in [6.45, 7) is 4.04. The predicted molar refractivity (Wildman–Crippen MR) is 145 cm³/mol. The summed E-state index contributed by atoms with van der Waals surface area (Å²) in [6, 6.07) is 23.3. The van der Waals surface area contributed by atoms with Gasteiger partial charge in [0.25, 0.3) is 0 Å². The monoisotopic (exact) mass is 534 g/mol. The van der Waals surface area contributed by atoms with Gasteiger partial charge in [-0.25, -0.2) is 0 Å². The van der Waals surface area contributed by atoms with E-state index >= 15 is 0 Å². The van der Waals surface area contributed by atoms with Crippen LogP contribution in [0.3, 0.4) is 0 Å². The molecule has 2 atom stereocenters. The molecule has 0 aliphatic carbocycles. The zero-order valence-corrected chi connectivity index (χ0v) is 22.0. The van der Waals surface area contributed by atoms with Gasteiger partial charge in [0.1, 0.15) is 0 Å². The molecule has 0 radical (unpaired) electrons. The fourth-order valence-corrected chi connectivity index (χ4v) is 5.35. The molecule has 5 rings (SSSR count). The van der Waals surface area contributed by atoms with Crippen molar-refractivity contribution in [1.29, 1.82) is 0 Å². The summed E-state index contributed by atoms with van der Waals surface area (Å²) in [5.74, 6) is 0.842. The second-order valence-corrected chi connectivity index (χ2v) is 10.3. The molecule has 6 nitrogen and oxygen atoms in total. The molecule has 4 aromatic rings. The molecule has 0 spiro atoms. The lowest BCUT2D eigenvalue weighted by atomic mass is 9.92. The number of aromatic nitrogens is 2. The molecule has 190 valence electrons. The highest BCUT2D eigenvalue weighted by Gasteiger charge is 2.29. The minimum absolute atomic E-state index is 0.0565. The summed E-state index contributed by atoms with van der Waals surface area (Å²) >= 11 is 12.3. The molecule has 1 N–H and O–H groups in total. The average Bonchev–Trinajstić information content (AvgIpc) is 3.36. The number of carbonyl (C=O) groups excluding carboxylic acids is 1. The van der Waals surface area contributed by atoms with Crippen molar-refractivity contribution in [3.63, 3.8) is 0 Å². The van der Waals surface area contributed by atoms with E-state index in [1.807, 2.05) is 30.3 Å². The number of likely N-dealkylation sites (tertiary alicyclic amines) is 1. The molecule has 2 unspecified atom stereocenters. The Morgan fingerprint density at radius 3 is 2.68 bits per heavy atom. The number of nitrogens with one attached hydrogen (secondary N) is 1. The largest absolute Gasteiger partial charge is 0.345 e. The maximum atomic E-state index is 13.5. The van der Waals surface area contributed by atoms with Crippen LogP contribution < -0.4 is 5.32 Å². The normalized spacial score (nSPS) is 16.9. The van der Waals surface area contributed by atoms with Gasteiger partial charge >= 0.3 is 0 Å². The van der Waals surface area contributed by atoms with Gasteiger partial charge in [0.2, 0.25) is 17.6 Å². The highest BCUT2D eigenvalue weighted by Crippen LogP contribution is 2.29. The smallest absolute Gasteiger partial charge is 0.241 e. The summed E-state index contributed by atoms with van der Waals surface area (Å²) in [7, 11) is 0. The lowest BCUT2D eigenvalue weighted by Gasteiger charge is -2.32. The first-order valence-electron chi connectivity index (χ1n) is 12.4. The molecule has 1 aliphatic rings. The van der Waals surface area contributed by atoms with Gasteiger partial charge in [-0.05, 0) is 61.2 Å². The van der Waals surface area contributed by atoms with Crippen LogP contribution in [0.4, 0.5) is 0 Å². The number of hydrogen-bond donors (Lipinski definition) is 1. The Balaban J connectivity index is 1.27. The van der Waals surface area contributed by atoms with Crippen molar-refractivity contribution >= 4 is 29.1 Å². The van der Waals surface area contributed by atoms with Crippen LogP contribution in [0.1, 0.15) is 41.5 Å². The number of benzene rings is 3. The predicted octanol–water partition coefficient (Wildman–Crippen LogP) is 6.47. The highest BCUT2D eigenvalue weighted by atomic mass is 35.5. The van der Waals surface area contributed by atoms with E-state index in [0.29, 0.717) is 40.4 Å². The molecule has 0 saturated carbocycles. The maximum Gasteiger partial charge on any atom is 0.241 e. The minimum Gasteiger partial charge on any atom is -0.345 e. The van der Waals surface area contributed by atoms with Gasteiger partial charge < -0.3 is 9.84 Å². The van der Waals surface area contributed by atoms with Crippen LogP contribution in [0.5, 0.6) is 0 Å². The average molecular weight is 535 g/mol. The zero-order chi connectivity index (χ0) is 25.8. The number of halogens is 2. The van der Waals surface area contributed by atoms with E-state index in [4.69, 9.17) is 27.7 Å². The van der Waals surface area contributed by atoms with Gasteiger partial charge in [0, 0.05) is 17.1 Å². The first kappa shape index (κ1) is 25.5. The molecule has 37 heavy (non-hydrogen) atoms. The van der Waals surface area contributed by atoms with E-state index in [1.165, 1.54) is 0 Å². The fourth-order valence-electron chi connectivity index (χ4n) is 4.86. The number of rotatable bonds is 7. The summed E-state index contributed by atoms with van der Waals surface area (Å²) in [6.07, 6.45) is 1.76. The number of amides is 1. The molecular formula is C29H28Cl2N4O2. The number of carbonyl (C=O) groups is 1. The SMILES string of the molecule is Cc1ccccc1C(NC(=O)C1CCCN(Cc2nc(-c3ccc(Cl)cc3Cl)no2)C1)c1ccccc1. The summed E-state index contributed by atoms with van der Waals surface area (Å²) < 4.78 is 5.50. The second-order valence-electron chi connectivity index (χ2n) is 9.42. The summed E-state index contributed by atoms with van der Waals surface area (Å²) in [4.78, 5) is 20.2. The van der Waals surface area contributed by atoms with Crippen molar-refractivity contribution in [2.45, 2.75) is 32.4 Å². The molecule has 8 heteroatoms. The quantitative estimate of drug-likeness (QED) is 0.294. The van der Waals surface area contributed by atoms with Gasteiger partial charge in [-0.1, -0.05) is 83.0 Å². The lowest BCUT2D eigenvalue weighted by Crippen LogP contribution is -2.44. The number of nitrogens with zero attached hydrogens (tertiary/aromatic N) is 3. The molecule has 1 saturated heterocycles. The fraction of sp³-hybridized carbons (Fsp3) is 0.276. The highest BCUT2D eigenvalue weighted by molar-refractivity contribution is 6.36. The van der Waals surface area contributed by atoms with E-state index in [1.54, 1.807) is 18.2 Å². The molecule has 1 aliphatic heterocycles. The maximum absolute atomic E-state index is 13.5. The molecule has 2 heterocycles. The third-order valence-electron chi connectivity index (χ3n) is 6.79. The van der Waals surface area contributed by atoms with E-state index in [-0.39, 0.29) is 17.9 Å². The van der Waals surface area contributed by atoms with Crippen LogP contribution in [0, 0.1) is 12.8 Å². The number of piperidine rings is 1. The Labute approximate surface area is 226 Å². The molecule has 1 aromatic heterocycles. The molecule has 0 bridgehead atoms. The molecular weight excluding hydrogens is 507 g/mol. The van der Waals surface area contributed by atoms with Crippen LogP contribution >= 0.6 is 23.2 Å². The summed E-state index contributed by atoms with van der Waals surface area (Å²) in [5, 5.41) is 8.45. The van der Waals surface area contributed by atoms with Crippen LogP contribution in [0.25, 0.3) is 11.4 Å². The van der Waals surface area contributed by atoms with Crippen LogP contribution in [0.2, 0.25) is 10.0 Å². The van der Waals surface area contributed by atoms with Crippen molar-refractivity contribution in [2.75, 3.05) is 13.1 Å². The lowest BCUT2D eigenvalue weighted by molar-refractivity contribution is -0.127. The Morgan fingerprint density at radius 1 is 1.11 bits per heavy atom. The molecule has 1 fully saturated rings. The summed E-state index contributed by atoms with van der Waals surface area (Å²) in [5.41, 5.74) is 3.99. The van der Waals surface area contributed by atoms with Crippen molar-refractivity contribution in [3.05, 3.63) is 105 Å². The Morgan fingerprint density at radius 2 is 1.89 bits per heavy atom. The Kier molecular flexibility index (Phi) is 7.89. The van der Waals surface area contributed by atoms with Gasteiger partial charge in [-0.3, -0.25) is 9.69 Å². The standard InChI is InChI=1S/C29H28Cl2N4O2/c1-19-8-5-6-12-23(19)27(20-9-3-2-4-10-20)33-29(36)21-11-7-15-35(17-21)18-26-32-28(34-37-26)24-14-13-22(30)16-25(24)31/h2-6,8-10,12-14,16,21,27H,7,11,15,17-18H2,1H3,(H,33,36). The molecule has 1 amide bonds. The zero-order valence-electron chi connectivity index (χ0n) is 20.5. The van der Waals surface area contributed by atoms with Crippen molar-refractivity contribution in [3.8, 4) is 11.4 Å². The van der Waals surface area contributed by atoms with E-state index in [2.05, 4.69) is 51.5 Å². The minimum atomic E-state index is -0.201. The number of aryl methyl sites for hydroxylation is 1. The third kappa shape index (κ3) is 6.04. The van der Waals surface area contributed by atoms with E-state index in [0.717, 1.165) is 36.1 Å². The van der Waals surface area contributed by atoms with Crippen LogP contribution in [-0.2, 0) is 11.3 Å². The van der Waals surface area contributed by atoms with Gasteiger partial charge in [0.15, 0.2) is 0 Å². The second kappa shape index (κ2) is 11.5. The topological polar surface area (TPSA) is 71.3 Å². The molecule has 3 aromatic carbocycles. The third-order valence-corrected chi connectivity index (χ3v) is 7.34. The van der Waals surface area contributed by atoms with Crippen molar-refractivity contribution < 1.29 is 9.32 Å². The Hall–Kier alpha value is -3.19. The first-order chi connectivity index (χ1) is 18.0. The van der Waals surface area contributed by atoms with Gasteiger partial charge in [-0.2, -0.15) is 4.98 Å². The number of hydrogen-bond acceptors (Lipinski definition) is 5. The van der Waals surface area contributed by atoms with E-state index < -0.39 is 0 Å². The van der Waals surface area contributed by atoms with Crippen molar-refractivity contribution in [1.82, 2.24) is 20.4 Å². The van der Waals surface area contributed by atoms with Crippen LogP contribution in [0.15, 0.2) is 77.3 Å². The Bertz CT molecular complexity index is 1380. The first-order valence-corrected chi connectivity index (χ1v) is 13.1.